The maximum absolute atomic E-state index is 11.3. The minimum absolute atomic E-state index is 0.263. The fraction of sp³-hybridized carbons (Fsp3) is 0.333. The average molecular weight is 269 g/mol. The number of nitrogens with one attached hydrogen (secondary N) is 1. The van der Waals surface area contributed by atoms with Crippen LogP contribution in [0.4, 0.5) is 0 Å². The van der Waals surface area contributed by atoms with Crippen molar-refractivity contribution >= 4 is 22.7 Å². The summed E-state index contributed by atoms with van der Waals surface area (Å²) in [5.74, 6) is -2.30. The van der Waals surface area contributed by atoms with Gasteiger partial charge in [0.05, 0.1) is 0 Å². The zero-order valence-corrected chi connectivity index (χ0v) is 10.6. The Labute approximate surface area is 108 Å². The fourth-order valence-electron chi connectivity index (χ4n) is 1.38. The molecule has 0 aromatic heterocycles. The molecule has 0 saturated heterocycles. The molecule has 2 N–H and O–H groups in total. The Morgan fingerprint density at radius 2 is 1.83 bits per heavy atom. The van der Waals surface area contributed by atoms with E-state index in [-0.39, 0.29) is 11.7 Å². The summed E-state index contributed by atoms with van der Waals surface area (Å²) in [6, 6.07) is 9.65. The monoisotopic (exact) mass is 269 g/mol. The van der Waals surface area contributed by atoms with Crippen molar-refractivity contribution in [3.05, 3.63) is 35.9 Å². The van der Waals surface area contributed by atoms with Crippen LogP contribution < -0.4 is 5.32 Å². The van der Waals surface area contributed by atoms with Crippen molar-refractivity contribution in [2.45, 2.75) is 6.42 Å². The molecule has 0 aliphatic heterocycles. The molecule has 0 spiro atoms. The van der Waals surface area contributed by atoms with E-state index >= 15 is 0 Å². The molecule has 0 aliphatic carbocycles. The van der Waals surface area contributed by atoms with Crippen molar-refractivity contribution in [3.8, 4) is 0 Å². The minimum atomic E-state index is -1.64. The third kappa shape index (κ3) is 6.15. The predicted octanol–water partition coefficient (Wildman–Crippen LogP) is 0.179. The van der Waals surface area contributed by atoms with E-state index in [1.165, 1.54) is 0 Å². The molecule has 1 aromatic carbocycles. The normalized spacial score (nSPS) is 11.8. The number of amides is 1. The van der Waals surface area contributed by atoms with Crippen LogP contribution in [0, 0.1) is 0 Å². The molecule has 1 unspecified atom stereocenters. The number of hydrogen-bond acceptors (Lipinski definition) is 3. The SMILES string of the molecule is O=C(O)CS(=O)CC(=O)NCCc1ccccc1. The minimum Gasteiger partial charge on any atom is -0.481 e. The van der Waals surface area contributed by atoms with Crippen LogP contribution in [0.25, 0.3) is 0 Å². The maximum Gasteiger partial charge on any atom is 0.316 e. The molecule has 1 rings (SSSR count). The Morgan fingerprint density at radius 1 is 1.17 bits per heavy atom. The molecular weight excluding hydrogens is 254 g/mol. The molecule has 5 nitrogen and oxygen atoms in total. The van der Waals surface area contributed by atoms with Crippen LogP contribution >= 0.6 is 0 Å². The van der Waals surface area contributed by atoms with E-state index in [0.717, 1.165) is 5.56 Å². The highest BCUT2D eigenvalue weighted by Crippen LogP contribution is 1.98. The summed E-state index contributed by atoms with van der Waals surface area (Å²) < 4.78 is 11.2. The van der Waals surface area contributed by atoms with Crippen LogP contribution in [-0.2, 0) is 26.8 Å². The van der Waals surface area contributed by atoms with Gasteiger partial charge in [0.25, 0.3) is 0 Å². The Hall–Kier alpha value is -1.69. The van der Waals surface area contributed by atoms with E-state index in [4.69, 9.17) is 5.11 Å². The van der Waals surface area contributed by atoms with E-state index < -0.39 is 22.5 Å². The highest BCUT2D eigenvalue weighted by atomic mass is 32.2. The average Bonchev–Trinajstić information content (AvgIpc) is 2.29. The summed E-state index contributed by atoms with van der Waals surface area (Å²) in [6.07, 6.45) is 0.693. The molecule has 0 fully saturated rings. The van der Waals surface area contributed by atoms with E-state index in [1.54, 1.807) is 0 Å². The molecular formula is C12H15NO4S. The number of aliphatic carboxylic acids is 1. The first-order chi connectivity index (χ1) is 8.58. The zero-order valence-electron chi connectivity index (χ0n) is 9.80. The number of hydrogen-bond donors (Lipinski definition) is 2. The first-order valence-electron chi connectivity index (χ1n) is 5.45. The lowest BCUT2D eigenvalue weighted by Gasteiger charge is -2.04. The van der Waals surface area contributed by atoms with Crippen LogP contribution in [0.5, 0.6) is 0 Å². The Balaban J connectivity index is 2.21. The van der Waals surface area contributed by atoms with Crippen LogP contribution in [0.1, 0.15) is 5.56 Å². The van der Waals surface area contributed by atoms with Crippen molar-refractivity contribution in [1.82, 2.24) is 5.32 Å². The molecule has 0 bridgehead atoms. The van der Waals surface area contributed by atoms with Gasteiger partial charge in [-0.15, -0.1) is 0 Å². The van der Waals surface area contributed by atoms with Gasteiger partial charge in [-0.3, -0.25) is 13.8 Å². The highest BCUT2D eigenvalue weighted by Gasteiger charge is 2.10. The van der Waals surface area contributed by atoms with Crippen molar-refractivity contribution in [2.75, 3.05) is 18.1 Å². The second-order valence-corrected chi connectivity index (χ2v) is 5.16. The lowest BCUT2D eigenvalue weighted by molar-refractivity contribution is -0.133. The Morgan fingerprint density at radius 3 is 2.44 bits per heavy atom. The predicted molar refractivity (Wildman–Crippen MR) is 68.7 cm³/mol. The van der Waals surface area contributed by atoms with Crippen LogP contribution in [0.2, 0.25) is 0 Å². The summed E-state index contributed by atoms with van der Waals surface area (Å²) in [7, 11) is -1.64. The second kappa shape index (κ2) is 7.60. The van der Waals surface area contributed by atoms with Gasteiger partial charge < -0.3 is 10.4 Å². The van der Waals surface area contributed by atoms with Gasteiger partial charge in [-0.1, -0.05) is 30.3 Å². The molecule has 1 amide bonds. The lowest BCUT2D eigenvalue weighted by Crippen LogP contribution is -2.31. The number of carbonyl (C=O) groups excluding carboxylic acids is 1. The quantitative estimate of drug-likeness (QED) is 0.739. The summed E-state index contributed by atoms with van der Waals surface area (Å²) in [5.41, 5.74) is 1.10. The maximum atomic E-state index is 11.3. The zero-order chi connectivity index (χ0) is 13.4. The van der Waals surface area contributed by atoms with Gasteiger partial charge in [0.2, 0.25) is 5.91 Å². The summed E-state index contributed by atoms with van der Waals surface area (Å²) in [5, 5.41) is 11.0. The van der Waals surface area contributed by atoms with Gasteiger partial charge in [0, 0.05) is 17.3 Å². The highest BCUT2D eigenvalue weighted by molar-refractivity contribution is 7.86. The summed E-state index contributed by atoms with van der Waals surface area (Å²) >= 11 is 0. The van der Waals surface area contributed by atoms with Crippen molar-refractivity contribution < 1.29 is 18.9 Å². The Bertz CT molecular complexity index is 433. The van der Waals surface area contributed by atoms with Crippen LogP contribution in [0.15, 0.2) is 30.3 Å². The lowest BCUT2D eigenvalue weighted by atomic mass is 10.1. The third-order valence-electron chi connectivity index (χ3n) is 2.16. The number of rotatable bonds is 7. The first kappa shape index (κ1) is 14.4. The van der Waals surface area contributed by atoms with Gasteiger partial charge in [-0.2, -0.15) is 0 Å². The van der Waals surface area contributed by atoms with Crippen molar-refractivity contribution in [3.63, 3.8) is 0 Å². The molecule has 0 radical (unpaired) electrons. The van der Waals surface area contributed by atoms with Gasteiger partial charge in [0.15, 0.2) is 0 Å². The number of carboxylic acids is 1. The topological polar surface area (TPSA) is 83.5 Å². The molecule has 0 aliphatic rings. The fourth-order valence-corrected chi connectivity index (χ4v) is 2.15. The molecule has 1 atom stereocenters. The van der Waals surface area contributed by atoms with E-state index in [2.05, 4.69) is 5.32 Å². The molecule has 6 heteroatoms. The summed E-state index contributed by atoms with van der Waals surface area (Å²) in [6.45, 7) is 0.452. The smallest absolute Gasteiger partial charge is 0.316 e. The van der Waals surface area contributed by atoms with E-state index in [1.807, 2.05) is 30.3 Å². The summed E-state index contributed by atoms with van der Waals surface area (Å²) in [4.78, 5) is 21.6. The largest absolute Gasteiger partial charge is 0.481 e. The van der Waals surface area contributed by atoms with E-state index in [0.29, 0.717) is 13.0 Å². The molecule has 0 saturated carbocycles. The van der Waals surface area contributed by atoms with Crippen LogP contribution in [-0.4, -0.2) is 39.2 Å². The standard InChI is InChI=1S/C12H15NO4S/c14-11(8-18(17)9-12(15)16)13-7-6-10-4-2-1-3-5-10/h1-5H,6-9H2,(H,13,14)(H,15,16). The third-order valence-corrected chi connectivity index (χ3v) is 3.31. The van der Waals surface area contributed by atoms with Crippen molar-refractivity contribution in [2.24, 2.45) is 0 Å². The van der Waals surface area contributed by atoms with E-state index in [9.17, 15) is 13.8 Å². The number of carbonyl (C=O) groups is 2. The van der Waals surface area contributed by atoms with Crippen LogP contribution in [0.3, 0.4) is 0 Å². The van der Waals surface area contributed by atoms with Crippen molar-refractivity contribution in [1.29, 1.82) is 0 Å². The van der Waals surface area contributed by atoms with Gasteiger partial charge in [-0.05, 0) is 12.0 Å². The number of carboxylic acid groups (broad SMARTS) is 1. The van der Waals surface area contributed by atoms with Gasteiger partial charge >= 0.3 is 5.97 Å². The molecule has 1 aromatic rings. The molecule has 0 heterocycles. The first-order valence-corrected chi connectivity index (χ1v) is 6.94. The Kier molecular flexibility index (Phi) is 6.07. The van der Waals surface area contributed by atoms with Gasteiger partial charge in [0.1, 0.15) is 11.5 Å². The molecule has 18 heavy (non-hydrogen) atoms. The second-order valence-electron chi connectivity index (χ2n) is 3.71. The molecule has 98 valence electrons. The van der Waals surface area contributed by atoms with Gasteiger partial charge in [-0.25, -0.2) is 0 Å². The number of benzene rings is 1.